The molecule has 1 amide bonds. The van der Waals surface area contributed by atoms with E-state index in [0.717, 1.165) is 68.1 Å². The van der Waals surface area contributed by atoms with Crippen LogP contribution in [0.25, 0.3) is 27.8 Å². The number of benzene rings is 2. The number of halogens is 1. The van der Waals surface area contributed by atoms with E-state index in [1.165, 1.54) is 14.7 Å². The number of fused-ring (bicyclic) bond motifs is 2. The van der Waals surface area contributed by atoms with Crippen molar-refractivity contribution in [2.45, 2.75) is 90.9 Å². The highest BCUT2D eigenvalue weighted by Gasteiger charge is 2.29. The lowest BCUT2D eigenvalue weighted by molar-refractivity contribution is 0.0917. The third-order valence-electron chi connectivity index (χ3n) is 9.81. The number of carbonyl (C=O) groups excluding carboxylic acids is 1. The van der Waals surface area contributed by atoms with Gasteiger partial charge in [0, 0.05) is 44.3 Å². The predicted molar refractivity (Wildman–Crippen MR) is 192 cm³/mol. The monoisotopic (exact) mass is 677 g/mol. The Hall–Kier alpha value is -4.90. The molecule has 1 saturated carbocycles. The first kappa shape index (κ1) is 33.6. The molecule has 2 N–H and O–H groups in total. The SMILES string of the molecule is CC(C)(C)CNCc1ccc(-c2cccc(-n3c(=O)n(C4CCC(NC(=O)c5cn6c(n5)CCCC6)CC4)c(=O)c4cc(F)cnc43)c2)cc1. The smallest absolute Gasteiger partial charge is 0.337 e. The lowest BCUT2D eigenvalue weighted by atomic mass is 9.90. The number of amides is 1. The molecule has 5 aromatic rings. The van der Waals surface area contributed by atoms with Crippen molar-refractivity contribution in [3.8, 4) is 16.8 Å². The third-order valence-corrected chi connectivity index (χ3v) is 9.81. The minimum absolute atomic E-state index is 0.0429. The second-order valence-electron chi connectivity index (χ2n) is 14.9. The Morgan fingerprint density at radius 2 is 1.76 bits per heavy atom. The molecule has 2 aliphatic rings. The predicted octanol–water partition coefficient (Wildman–Crippen LogP) is 5.94. The van der Waals surface area contributed by atoms with Crippen LogP contribution in [0.2, 0.25) is 0 Å². The van der Waals surface area contributed by atoms with E-state index in [2.05, 4.69) is 70.2 Å². The van der Waals surface area contributed by atoms with E-state index in [0.29, 0.717) is 37.1 Å². The zero-order valence-electron chi connectivity index (χ0n) is 28.9. The molecule has 11 heteroatoms. The largest absolute Gasteiger partial charge is 0.348 e. The molecule has 4 heterocycles. The summed E-state index contributed by atoms with van der Waals surface area (Å²) in [6.07, 6.45) is 8.09. The van der Waals surface area contributed by atoms with Crippen molar-refractivity contribution in [3.63, 3.8) is 0 Å². The summed E-state index contributed by atoms with van der Waals surface area (Å²) < 4.78 is 19.3. The van der Waals surface area contributed by atoms with Crippen molar-refractivity contribution in [3.05, 3.63) is 111 Å². The van der Waals surface area contributed by atoms with Crippen molar-refractivity contribution in [1.82, 2.24) is 34.3 Å². The molecule has 0 radical (unpaired) electrons. The Morgan fingerprint density at radius 3 is 2.50 bits per heavy atom. The highest BCUT2D eigenvalue weighted by atomic mass is 19.1. The first-order chi connectivity index (χ1) is 24.0. The summed E-state index contributed by atoms with van der Waals surface area (Å²) in [6, 6.07) is 16.5. The number of rotatable bonds is 8. The zero-order valence-corrected chi connectivity index (χ0v) is 28.9. The molecule has 10 nitrogen and oxygen atoms in total. The minimum Gasteiger partial charge on any atom is -0.348 e. The molecular weight excluding hydrogens is 633 g/mol. The Morgan fingerprint density at radius 1 is 0.980 bits per heavy atom. The number of imidazole rings is 1. The normalized spacial score (nSPS) is 17.8. The maximum atomic E-state index is 14.5. The van der Waals surface area contributed by atoms with Gasteiger partial charge in [0.15, 0.2) is 5.65 Å². The number of aromatic nitrogens is 5. The number of hydrogen-bond donors (Lipinski definition) is 2. The number of nitrogens with zero attached hydrogens (tertiary/aromatic N) is 5. The molecule has 3 aromatic heterocycles. The highest BCUT2D eigenvalue weighted by Crippen LogP contribution is 2.29. The van der Waals surface area contributed by atoms with Crippen molar-refractivity contribution in [2.24, 2.45) is 5.41 Å². The van der Waals surface area contributed by atoms with Crippen LogP contribution in [0, 0.1) is 11.2 Å². The Bertz CT molecular complexity index is 2130. The fourth-order valence-electron chi connectivity index (χ4n) is 7.22. The average Bonchev–Trinajstić information content (AvgIpc) is 3.54. The van der Waals surface area contributed by atoms with Gasteiger partial charge in [-0.1, -0.05) is 57.2 Å². The van der Waals surface area contributed by atoms with E-state index in [1.807, 2.05) is 24.4 Å². The van der Waals surface area contributed by atoms with Crippen molar-refractivity contribution in [2.75, 3.05) is 6.54 Å². The van der Waals surface area contributed by atoms with E-state index in [-0.39, 0.29) is 28.4 Å². The summed E-state index contributed by atoms with van der Waals surface area (Å²) in [5.41, 5.74) is 3.24. The number of aryl methyl sites for hydroxylation is 2. The second-order valence-corrected chi connectivity index (χ2v) is 14.9. The molecule has 0 bridgehead atoms. The van der Waals surface area contributed by atoms with Gasteiger partial charge in [0.25, 0.3) is 11.5 Å². The number of pyridine rings is 1. The van der Waals surface area contributed by atoms with E-state index >= 15 is 0 Å². The standard InChI is InChI=1S/C39H44FN7O3/c1-39(2,3)24-41-21-25-10-12-26(13-11-25)27-7-6-8-31(19-27)46-35-32(20-28(40)22-42-35)37(49)47(38(46)50)30-16-14-29(15-17-30)43-36(48)33-23-45-18-5-4-9-34(45)44-33/h6-8,10-13,19-20,22-23,29-30,41H,4-5,9,14-18,21,24H2,1-3H3,(H,43,48). The lowest BCUT2D eigenvalue weighted by Gasteiger charge is -2.30. The van der Waals surface area contributed by atoms with Crippen LogP contribution in [0.15, 0.2) is 76.6 Å². The van der Waals surface area contributed by atoms with Crippen LogP contribution in [0.1, 0.15) is 87.2 Å². The second kappa shape index (κ2) is 13.8. The number of carbonyl (C=O) groups is 1. The van der Waals surface area contributed by atoms with E-state index < -0.39 is 23.1 Å². The summed E-state index contributed by atoms with van der Waals surface area (Å²) in [5, 5.41) is 6.66. The van der Waals surface area contributed by atoms with Gasteiger partial charge < -0.3 is 15.2 Å². The molecule has 260 valence electrons. The summed E-state index contributed by atoms with van der Waals surface area (Å²) in [6.45, 7) is 9.15. The van der Waals surface area contributed by atoms with Gasteiger partial charge in [0.1, 0.15) is 17.3 Å². The Balaban J connectivity index is 1.14. The number of nitrogens with one attached hydrogen (secondary N) is 2. The molecule has 1 fully saturated rings. The molecule has 2 aromatic carbocycles. The zero-order chi connectivity index (χ0) is 35.0. The van der Waals surface area contributed by atoms with Crippen LogP contribution in [0.5, 0.6) is 0 Å². The van der Waals surface area contributed by atoms with E-state index in [9.17, 15) is 18.8 Å². The highest BCUT2D eigenvalue weighted by molar-refractivity contribution is 5.92. The fourth-order valence-corrected chi connectivity index (χ4v) is 7.22. The van der Waals surface area contributed by atoms with Crippen LogP contribution >= 0.6 is 0 Å². The van der Waals surface area contributed by atoms with Gasteiger partial charge in [-0.25, -0.2) is 23.7 Å². The van der Waals surface area contributed by atoms with Crippen molar-refractivity contribution in [1.29, 1.82) is 0 Å². The molecule has 1 aliphatic heterocycles. The van der Waals surface area contributed by atoms with Gasteiger partial charge in [-0.3, -0.25) is 14.2 Å². The lowest BCUT2D eigenvalue weighted by Crippen LogP contribution is -2.45. The summed E-state index contributed by atoms with van der Waals surface area (Å²) >= 11 is 0. The topological polar surface area (TPSA) is 116 Å². The summed E-state index contributed by atoms with van der Waals surface area (Å²) in [4.78, 5) is 50.0. The molecular formula is C39H44FN7O3. The van der Waals surface area contributed by atoms with E-state index in [1.54, 1.807) is 6.07 Å². The molecule has 7 rings (SSSR count). The maximum absolute atomic E-state index is 14.5. The van der Waals surface area contributed by atoms with Gasteiger partial charge >= 0.3 is 5.69 Å². The number of hydrogen-bond acceptors (Lipinski definition) is 6. The quantitative estimate of drug-likeness (QED) is 0.210. The van der Waals surface area contributed by atoms with Gasteiger partial charge in [-0.15, -0.1) is 0 Å². The van der Waals surface area contributed by atoms with Crippen LogP contribution < -0.4 is 21.9 Å². The summed E-state index contributed by atoms with van der Waals surface area (Å²) in [5.74, 6) is 0.101. The van der Waals surface area contributed by atoms with Gasteiger partial charge in [-0.2, -0.15) is 0 Å². The first-order valence-corrected chi connectivity index (χ1v) is 17.6. The van der Waals surface area contributed by atoms with E-state index in [4.69, 9.17) is 0 Å². The molecule has 50 heavy (non-hydrogen) atoms. The molecule has 0 unspecified atom stereocenters. The van der Waals surface area contributed by atoms with Gasteiger partial charge in [0.2, 0.25) is 0 Å². The molecule has 0 saturated heterocycles. The molecule has 0 spiro atoms. The van der Waals surface area contributed by atoms with Crippen molar-refractivity contribution >= 4 is 16.9 Å². The fraction of sp³-hybridized carbons (Fsp3) is 0.410. The molecule has 0 atom stereocenters. The van der Waals surface area contributed by atoms with Crippen LogP contribution in [-0.2, 0) is 19.5 Å². The third kappa shape index (κ3) is 7.05. The minimum atomic E-state index is -0.649. The molecule has 1 aliphatic carbocycles. The Labute approximate surface area is 290 Å². The van der Waals surface area contributed by atoms with Crippen LogP contribution in [0.3, 0.4) is 0 Å². The average molecular weight is 678 g/mol. The Kier molecular flexibility index (Phi) is 9.26. The van der Waals surface area contributed by atoms with Crippen LogP contribution in [-0.4, -0.2) is 42.2 Å². The summed E-state index contributed by atoms with van der Waals surface area (Å²) in [7, 11) is 0. The first-order valence-electron chi connectivity index (χ1n) is 17.6. The van der Waals surface area contributed by atoms with Gasteiger partial charge in [0.05, 0.1) is 17.3 Å². The van der Waals surface area contributed by atoms with Crippen LogP contribution in [0.4, 0.5) is 4.39 Å². The van der Waals surface area contributed by atoms with Gasteiger partial charge in [-0.05, 0) is 78.8 Å². The maximum Gasteiger partial charge on any atom is 0.337 e. The van der Waals surface area contributed by atoms with Crippen molar-refractivity contribution < 1.29 is 9.18 Å².